The summed E-state index contributed by atoms with van der Waals surface area (Å²) in [5.74, 6) is 0.00293. The van der Waals surface area contributed by atoms with Gasteiger partial charge < -0.3 is 19.5 Å². The summed E-state index contributed by atoms with van der Waals surface area (Å²) in [6.45, 7) is 2.27. The molecule has 1 aliphatic rings. The van der Waals surface area contributed by atoms with Crippen LogP contribution in [0, 0.1) is 0 Å². The average Bonchev–Trinajstić information content (AvgIpc) is 2.67. The molecule has 8 heteroatoms. The fourth-order valence-corrected chi connectivity index (χ4v) is 2.84. The van der Waals surface area contributed by atoms with Crippen molar-refractivity contribution in [3.05, 3.63) is 57.6 Å². The highest BCUT2D eigenvalue weighted by Crippen LogP contribution is 2.31. The van der Waals surface area contributed by atoms with Crippen molar-refractivity contribution in [2.75, 3.05) is 19.8 Å². The van der Waals surface area contributed by atoms with E-state index in [1.165, 1.54) is 6.07 Å². The fraction of sp³-hybridized carbons (Fsp3) is 0.263. The Balaban J connectivity index is 1.54. The predicted molar refractivity (Wildman–Crippen MR) is 101 cm³/mol. The zero-order valence-electron chi connectivity index (χ0n) is 14.5. The summed E-state index contributed by atoms with van der Waals surface area (Å²) >= 11 is 11.9. The van der Waals surface area contributed by atoms with Crippen LogP contribution in [-0.2, 0) is 9.53 Å². The van der Waals surface area contributed by atoms with Crippen molar-refractivity contribution in [2.45, 2.75) is 13.0 Å². The van der Waals surface area contributed by atoms with Gasteiger partial charge >= 0.3 is 5.97 Å². The van der Waals surface area contributed by atoms with E-state index in [-0.39, 0.29) is 11.6 Å². The van der Waals surface area contributed by atoms with E-state index in [0.717, 1.165) is 5.56 Å². The van der Waals surface area contributed by atoms with E-state index < -0.39 is 18.5 Å². The summed E-state index contributed by atoms with van der Waals surface area (Å²) in [6, 6.07) is 9.51. The molecule has 2 aromatic carbocycles. The van der Waals surface area contributed by atoms with Crippen LogP contribution in [0.3, 0.4) is 0 Å². The van der Waals surface area contributed by atoms with Crippen molar-refractivity contribution >= 4 is 35.1 Å². The third-order valence-electron chi connectivity index (χ3n) is 3.93. The van der Waals surface area contributed by atoms with Crippen LogP contribution < -0.4 is 14.8 Å². The van der Waals surface area contributed by atoms with Gasteiger partial charge in [-0.05, 0) is 42.8 Å². The number of halogens is 2. The molecule has 1 N–H and O–H groups in total. The van der Waals surface area contributed by atoms with Crippen molar-refractivity contribution in [3.8, 4) is 11.5 Å². The lowest BCUT2D eigenvalue weighted by molar-refractivity contribution is -0.124. The van der Waals surface area contributed by atoms with Crippen molar-refractivity contribution in [2.24, 2.45) is 0 Å². The number of rotatable bonds is 5. The Morgan fingerprint density at radius 2 is 1.81 bits per heavy atom. The summed E-state index contributed by atoms with van der Waals surface area (Å²) in [5, 5.41) is 3.58. The van der Waals surface area contributed by atoms with Gasteiger partial charge in [-0.15, -0.1) is 0 Å². The molecule has 0 saturated carbocycles. The Morgan fingerprint density at radius 3 is 2.56 bits per heavy atom. The molecule has 0 aliphatic carbocycles. The molecular weight excluding hydrogens is 393 g/mol. The van der Waals surface area contributed by atoms with Gasteiger partial charge in [-0.3, -0.25) is 4.79 Å². The number of fused-ring (bicyclic) bond motifs is 1. The number of ether oxygens (including phenoxy) is 3. The number of nitrogens with one attached hydrogen (secondary N) is 1. The fourth-order valence-electron chi connectivity index (χ4n) is 2.53. The summed E-state index contributed by atoms with van der Waals surface area (Å²) < 4.78 is 15.9. The molecule has 3 rings (SSSR count). The Labute approximate surface area is 166 Å². The van der Waals surface area contributed by atoms with Gasteiger partial charge in [0.15, 0.2) is 18.1 Å². The van der Waals surface area contributed by atoms with Crippen molar-refractivity contribution in [1.82, 2.24) is 5.32 Å². The highest BCUT2D eigenvalue weighted by atomic mass is 35.5. The monoisotopic (exact) mass is 409 g/mol. The Bertz CT molecular complexity index is 871. The lowest BCUT2D eigenvalue weighted by Crippen LogP contribution is -2.31. The van der Waals surface area contributed by atoms with Gasteiger partial charge in [-0.25, -0.2) is 4.79 Å². The van der Waals surface area contributed by atoms with Gasteiger partial charge in [0.2, 0.25) is 0 Å². The maximum atomic E-state index is 12.1. The summed E-state index contributed by atoms with van der Waals surface area (Å²) in [6.07, 6.45) is 0. The highest BCUT2D eigenvalue weighted by Gasteiger charge is 2.17. The quantitative estimate of drug-likeness (QED) is 0.760. The van der Waals surface area contributed by atoms with Crippen LogP contribution in [0.15, 0.2) is 36.4 Å². The van der Waals surface area contributed by atoms with Crippen molar-refractivity contribution in [1.29, 1.82) is 0 Å². The van der Waals surface area contributed by atoms with Crippen LogP contribution in [0.25, 0.3) is 0 Å². The van der Waals surface area contributed by atoms with E-state index in [1.807, 2.05) is 0 Å². The van der Waals surface area contributed by atoms with Gasteiger partial charge in [0, 0.05) is 0 Å². The lowest BCUT2D eigenvalue weighted by atomic mass is 10.1. The molecule has 6 nitrogen and oxygen atoms in total. The van der Waals surface area contributed by atoms with Crippen LogP contribution in [0.1, 0.15) is 28.9 Å². The first-order valence-electron chi connectivity index (χ1n) is 8.25. The van der Waals surface area contributed by atoms with Gasteiger partial charge in [-0.1, -0.05) is 29.3 Å². The molecule has 1 amide bonds. The van der Waals surface area contributed by atoms with Gasteiger partial charge in [0.05, 0.1) is 21.7 Å². The topological polar surface area (TPSA) is 73.9 Å². The number of carbonyl (C=O) groups excluding carboxylic acids is 2. The Morgan fingerprint density at radius 1 is 1.07 bits per heavy atom. The SMILES string of the molecule is C[C@H](NC(=O)COC(=O)c1ccc2c(c1)OCCO2)c1ccc(Cl)c(Cl)c1. The van der Waals surface area contributed by atoms with E-state index in [2.05, 4.69) is 5.32 Å². The van der Waals surface area contributed by atoms with Crippen LogP contribution >= 0.6 is 23.2 Å². The van der Waals surface area contributed by atoms with E-state index in [1.54, 1.807) is 37.3 Å². The largest absolute Gasteiger partial charge is 0.486 e. The molecule has 1 atom stereocenters. The van der Waals surface area contributed by atoms with Crippen molar-refractivity contribution in [3.63, 3.8) is 0 Å². The molecule has 142 valence electrons. The predicted octanol–water partition coefficient (Wildman–Crippen LogP) is 3.80. The third kappa shape index (κ3) is 4.84. The second-order valence-corrected chi connectivity index (χ2v) is 6.71. The zero-order chi connectivity index (χ0) is 19.4. The molecule has 0 spiro atoms. The van der Waals surface area contributed by atoms with Gasteiger partial charge in [0.1, 0.15) is 13.2 Å². The molecule has 1 heterocycles. The smallest absolute Gasteiger partial charge is 0.338 e. The molecule has 0 unspecified atom stereocenters. The Hall–Kier alpha value is -2.44. The number of hydrogen-bond donors (Lipinski definition) is 1. The van der Waals surface area contributed by atoms with Gasteiger partial charge in [0.25, 0.3) is 5.91 Å². The highest BCUT2D eigenvalue weighted by molar-refractivity contribution is 6.42. The maximum Gasteiger partial charge on any atom is 0.338 e. The molecule has 0 fully saturated rings. The molecule has 2 aromatic rings. The average molecular weight is 410 g/mol. The van der Waals surface area contributed by atoms with E-state index >= 15 is 0 Å². The summed E-state index contributed by atoms with van der Waals surface area (Å²) in [5.41, 5.74) is 1.07. The molecule has 0 radical (unpaired) electrons. The minimum absolute atomic E-state index is 0.282. The number of amides is 1. The summed E-state index contributed by atoms with van der Waals surface area (Å²) in [4.78, 5) is 24.2. The third-order valence-corrected chi connectivity index (χ3v) is 4.67. The molecule has 1 aliphatic heterocycles. The van der Waals surface area contributed by atoms with Crippen molar-refractivity contribution < 1.29 is 23.8 Å². The van der Waals surface area contributed by atoms with E-state index in [0.29, 0.717) is 34.8 Å². The number of hydrogen-bond acceptors (Lipinski definition) is 5. The van der Waals surface area contributed by atoms with Crippen LogP contribution in [0.5, 0.6) is 11.5 Å². The van der Waals surface area contributed by atoms with Crippen LogP contribution in [0.2, 0.25) is 10.0 Å². The summed E-state index contributed by atoms with van der Waals surface area (Å²) in [7, 11) is 0. The molecule has 27 heavy (non-hydrogen) atoms. The second kappa shape index (κ2) is 8.50. The number of esters is 1. The molecular formula is C19H17Cl2NO5. The van der Waals surface area contributed by atoms with Crippen LogP contribution in [0.4, 0.5) is 0 Å². The number of benzene rings is 2. The zero-order valence-corrected chi connectivity index (χ0v) is 16.0. The molecule has 0 saturated heterocycles. The maximum absolute atomic E-state index is 12.1. The standard InChI is InChI=1S/C19H17Cl2NO5/c1-11(12-2-4-14(20)15(21)8-12)22-18(23)10-27-19(24)13-3-5-16-17(9-13)26-7-6-25-16/h2-5,8-9,11H,6-7,10H2,1H3,(H,22,23)/t11-/m0/s1. The lowest BCUT2D eigenvalue weighted by Gasteiger charge is -2.18. The first-order chi connectivity index (χ1) is 12.9. The second-order valence-electron chi connectivity index (χ2n) is 5.90. The van der Waals surface area contributed by atoms with E-state index in [4.69, 9.17) is 37.4 Å². The molecule has 0 aromatic heterocycles. The first kappa shape index (κ1) is 19.3. The minimum Gasteiger partial charge on any atom is -0.486 e. The minimum atomic E-state index is -0.621. The Kier molecular flexibility index (Phi) is 6.08. The van der Waals surface area contributed by atoms with Crippen LogP contribution in [-0.4, -0.2) is 31.7 Å². The first-order valence-corrected chi connectivity index (χ1v) is 9.00. The molecule has 0 bridgehead atoms. The van der Waals surface area contributed by atoms with E-state index in [9.17, 15) is 9.59 Å². The number of carbonyl (C=O) groups is 2. The normalized spacial score (nSPS) is 13.6. The van der Waals surface area contributed by atoms with Gasteiger partial charge in [-0.2, -0.15) is 0 Å².